The largest absolute Gasteiger partial charge is 0.493 e. The van der Waals surface area contributed by atoms with Crippen molar-refractivity contribution in [3.63, 3.8) is 0 Å². The molecule has 1 aliphatic rings. The number of carbonyl (C=O) groups is 2. The summed E-state index contributed by atoms with van der Waals surface area (Å²) in [6.45, 7) is 5.05. The monoisotopic (exact) mass is 472 g/mol. The molecule has 184 valence electrons. The molecular formula is C26H32O8. The highest BCUT2D eigenvalue weighted by atomic mass is 16.7. The van der Waals surface area contributed by atoms with Gasteiger partial charge in [0.1, 0.15) is 19.0 Å². The van der Waals surface area contributed by atoms with Crippen molar-refractivity contribution in [2.24, 2.45) is 5.92 Å². The van der Waals surface area contributed by atoms with Gasteiger partial charge < -0.3 is 28.8 Å². The van der Waals surface area contributed by atoms with E-state index < -0.39 is 28.9 Å². The van der Waals surface area contributed by atoms with Crippen LogP contribution in [-0.2, 0) is 32.0 Å². The molecule has 8 heteroatoms. The van der Waals surface area contributed by atoms with Crippen LogP contribution in [0, 0.1) is 5.92 Å². The molecule has 0 aromatic heterocycles. The van der Waals surface area contributed by atoms with Gasteiger partial charge in [-0.1, -0.05) is 36.4 Å². The second-order valence-electron chi connectivity index (χ2n) is 9.18. The first-order valence-corrected chi connectivity index (χ1v) is 11.1. The summed E-state index contributed by atoms with van der Waals surface area (Å²) in [7, 11) is 2.93. The normalized spacial score (nSPS) is 19.9. The second-order valence-corrected chi connectivity index (χ2v) is 9.18. The standard InChI is InChI=1S/C26H32O8/c1-25(2,3)34-24(28)26(29)19(15-32-16-30-4)13-18-11-12-20(31-5)22(21(18)23(26)27)33-14-17-9-7-6-8-10-17/h6-12,19,29H,13-16H2,1-5H3/t19-,26?/m0/s1. The van der Waals surface area contributed by atoms with Crippen molar-refractivity contribution in [2.75, 3.05) is 27.6 Å². The quantitative estimate of drug-likeness (QED) is 0.257. The van der Waals surface area contributed by atoms with E-state index in [2.05, 4.69) is 0 Å². The summed E-state index contributed by atoms with van der Waals surface area (Å²) < 4.78 is 27.3. The van der Waals surface area contributed by atoms with Gasteiger partial charge in [-0.05, 0) is 44.4 Å². The maximum atomic E-state index is 13.8. The van der Waals surface area contributed by atoms with E-state index in [9.17, 15) is 14.7 Å². The molecular weight excluding hydrogens is 440 g/mol. The number of ketones is 1. The van der Waals surface area contributed by atoms with E-state index >= 15 is 0 Å². The number of ether oxygens (including phenoxy) is 5. The fraction of sp³-hybridized carbons (Fsp3) is 0.462. The van der Waals surface area contributed by atoms with Crippen LogP contribution in [0.2, 0.25) is 0 Å². The smallest absolute Gasteiger partial charge is 0.347 e. The van der Waals surface area contributed by atoms with Gasteiger partial charge in [0.05, 0.1) is 19.3 Å². The molecule has 0 aliphatic heterocycles. The van der Waals surface area contributed by atoms with Gasteiger partial charge in [-0.2, -0.15) is 0 Å². The topological polar surface area (TPSA) is 101 Å². The second kappa shape index (κ2) is 10.5. The Hall–Kier alpha value is -2.94. The highest BCUT2D eigenvalue weighted by molar-refractivity contribution is 6.18. The number of rotatable bonds is 9. The number of Topliss-reactive ketones (excluding diaryl/α,β-unsaturated/α-hetero) is 1. The van der Waals surface area contributed by atoms with E-state index in [4.69, 9.17) is 23.7 Å². The lowest BCUT2D eigenvalue weighted by molar-refractivity contribution is -0.180. The Morgan fingerprint density at radius 1 is 1.12 bits per heavy atom. The zero-order valence-corrected chi connectivity index (χ0v) is 20.3. The number of methoxy groups -OCH3 is 2. The van der Waals surface area contributed by atoms with Crippen LogP contribution in [0.5, 0.6) is 11.5 Å². The third-order valence-corrected chi connectivity index (χ3v) is 5.51. The van der Waals surface area contributed by atoms with Crippen molar-refractivity contribution >= 4 is 11.8 Å². The zero-order chi connectivity index (χ0) is 24.9. The van der Waals surface area contributed by atoms with Crippen LogP contribution >= 0.6 is 0 Å². The summed E-state index contributed by atoms with van der Waals surface area (Å²) in [6.07, 6.45) is 0.187. The lowest BCUT2D eigenvalue weighted by Crippen LogP contribution is -2.59. The molecule has 0 fully saturated rings. The number of esters is 1. The molecule has 0 saturated heterocycles. The van der Waals surface area contributed by atoms with Crippen molar-refractivity contribution in [3.8, 4) is 11.5 Å². The summed E-state index contributed by atoms with van der Waals surface area (Å²) in [6, 6.07) is 12.9. The Kier molecular flexibility index (Phi) is 7.97. The van der Waals surface area contributed by atoms with Gasteiger partial charge in [0, 0.05) is 13.0 Å². The maximum absolute atomic E-state index is 13.8. The average Bonchev–Trinajstić information content (AvgIpc) is 2.80. The number of aliphatic hydroxyl groups is 1. The maximum Gasteiger partial charge on any atom is 0.347 e. The molecule has 0 saturated carbocycles. The number of fused-ring (bicyclic) bond motifs is 1. The number of benzene rings is 2. The molecule has 1 unspecified atom stereocenters. The first-order chi connectivity index (χ1) is 16.1. The van der Waals surface area contributed by atoms with E-state index in [1.54, 1.807) is 32.9 Å². The van der Waals surface area contributed by atoms with Crippen LogP contribution in [0.15, 0.2) is 42.5 Å². The van der Waals surface area contributed by atoms with Crippen LogP contribution in [0.3, 0.4) is 0 Å². The lowest BCUT2D eigenvalue weighted by Gasteiger charge is -2.39. The van der Waals surface area contributed by atoms with Gasteiger partial charge in [0.25, 0.3) is 0 Å². The van der Waals surface area contributed by atoms with Crippen molar-refractivity contribution in [2.45, 2.75) is 45.0 Å². The summed E-state index contributed by atoms with van der Waals surface area (Å²) in [5, 5.41) is 11.6. The van der Waals surface area contributed by atoms with Gasteiger partial charge >= 0.3 is 5.97 Å². The summed E-state index contributed by atoms with van der Waals surface area (Å²) in [5.74, 6) is -2.22. The average molecular weight is 473 g/mol. The van der Waals surface area contributed by atoms with E-state index in [-0.39, 0.29) is 37.7 Å². The number of hydrogen-bond acceptors (Lipinski definition) is 8. The highest BCUT2D eigenvalue weighted by Gasteiger charge is 2.57. The fourth-order valence-corrected chi connectivity index (χ4v) is 3.91. The summed E-state index contributed by atoms with van der Waals surface area (Å²) in [4.78, 5) is 27.0. The molecule has 2 aromatic rings. The summed E-state index contributed by atoms with van der Waals surface area (Å²) in [5.41, 5.74) is -1.77. The molecule has 2 aromatic carbocycles. The number of hydrogen-bond donors (Lipinski definition) is 1. The van der Waals surface area contributed by atoms with E-state index in [0.29, 0.717) is 11.3 Å². The molecule has 0 bridgehead atoms. The van der Waals surface area contributed by atoms with Crippen molar-refractivity contribution in [1.29, 1.82) is 0 Å². The van der Waals surface area contributed by atoms with Gasteiger partial charge in [-0.25, -0.2) is 4.79 Å². The molecule has 8 nitrogen and oxygen atoms in total. The molecule has 0 heterocycles. The van der Waals surface area contributed by atoms with Crippen molar-refractivity contribution in [3.05, 3.63) is 59.2 Å². The van der Waals surface area contributed by atoms with Crippen LogP contribution in [-0.4, -0.2) is 55.7 Å². The first-order valence-electron chi connectivity index (χ1n) is 11.1. The number of carbonyl (C=O) groups excluding carboxylic acids is 2. The molecule has 0 spiro atoms. The molecule has 0 radical (unpaired) electrons. The Morgan fingerprint density at radius 3 is 2.44 bits per heavy atom. The minimum Gasteiger partial charge on any atom is -0.493 e. The highest BCUT2D eigenvalue weighted by Crippen LogP contribution is 2.43. The predicted molar refractivity (Wildman–Crippen MR) is 124 cm³/mol. The van der Waals surface area contributed by atoms with Crippen LogP contribution < -0.4 is 9.47 Å². The first kappa shape index (κ1) is 25.7. The molecule has 0 amide bonds. The van der Waals surface area contributed by atoms with Gasteiger partial charge in [0.15, 0.2) is 11.5 Å². The van der Waals surface area contributed by atoms with E-state index in [0.717, 1.165) is 5.56 Å². The van der Waals surface area contributed by atoms with Crippen LogP contribution in [0.1, 0.15) is 42.3 Å². The third kappa shape index (κ3) is 5.41. The molecule has 2 atom stereocenters. The van der Waals surface area contributed by atoms with E-state index in [1.807, 2.05) is 30.3 Å². The summed E-state index contributed by atoms with van der Waals surface area (Å²) >= 11 is 0. The molecule has 34 heavy (non-hydrogen) atoms. The molecule has 1 N–H and O–H groups in total. The minimum absolute atomic E-state index is 0.0456. The van der Waals surface area contributed by atoms with E-state index in [1.165, 1.54) is 14.2 Å². The molecule has 1 aliphatic carbocycles. The van der Waals surface area contributed by atoms with Crippen molar-refractivity contribution < 1.29 is 38.4 Å². The Bertz CT molecular complexity index is 1010. The predicted octanol–water partition coefficient (Wildman–Crippen LogP) is 3.32. The fourth-order valence-electron chi connectivity index (χ4n) is 3.91. The third-order valence-electron chi connectivity index (χ3n) is 5.51. The zero-order valence-electron chi connectivity index (χ0n) is 20.3. The Morgan fingerprint density at radius 2 is 1.82 bits per heavy atom. The van der Waals surface area contributed by atoms with Gasteiger partial charge in [-0.3, -0.25) is 4.79 Å². The molecule has 3 rings (SSSR count). The van der Waals surface area contributed by atoms with Crippen molar-refractivity contribution in [1.82, 2.24) is 0 Å². The Balaban J connectivity index is 2.05. The Labute approximate surface area is 199 Å². The SMILES string of the molecule is COCOC[C@@H]1Cc2ccc(OC)c(OCc3ccccc3)c2C(=O)C1(O)C(=O)OC(C)(C)C. The van der Waals surface area contributed by atoms with Crippen LogP contribution in [0.25, 0.3) is 0 Å². The van der Waals surface area contributed by atoms with Gasteiger partial charge in [0.2, 0.25) is 11.4 Å². The van der Waals surface area contributed by atoms with Gasteiger partial charge in [-0.15, -0.1) is 0 Å². The van der Waals surface area contributed by atoms with Crippen LogP contribution in [0.4, 0.5) is 0 Å². The minimum atomic E-state index is -2.47. The lowest BCUT2D eigenvalue weighted by atomic mass is 9.71.